The molecule has 2 saturated heterocycles. The summed E-state index contributed by atoms with van der Waals surface area (Å²) in [5.41, 5.74) is 0. The summed E-state index contributed by atoms with van der Waals surface area (Å²) in [5, 5.41) is 12.7. The van der Waals surface area contributed by atoms with Crippen LogP contribution in [0.3, 0.4) is 0 Å². The van der Waals surface area contributed by atoms with Crippen molar-refractivity contribution in [2.45, 2.75) is 69.2 Å². The van der Waals surface area contributed by atoms with Crippen molar-refractivity contribution in [2.24, 2.45) is 0 Å². The number of hydrogen-bond donors (Lipinski definition) is 0. The number of aromatic nitrogens is 4. The molecule has 7 nitrogen and oxygen atoms in total. The molecule has 0 saturated carbocycles. The van der Waals surface area contributed by atoms with Crippen molar-refractivity contribution in [2.75, 3.05) is 19.0 Å². The van der Waals surface area contributed by atoms with Crippen molar-refractivity contribution < 1.29 is 9.53 Å². The first-order valence-electron chi connectivity index (χ1n) is 8.46. The second kappa shape index (κ2) is 7.61. The van der Waals surface area contributed by atoms with Gasteiger partial charge in [-0.05, 0) is 56.4 Å². The van der Waals surface area contributed by atoms with Crippen LogP contribution >= 0.6 is 11.8 Å². The van der Waals surface area contributed by atoms with Crippen molar-refractivity contribution in [3.63, 3.8) is 0 Å². The molecular weight excluding hydrogens is 314 g/mol. The first-order valence-corrected chi connectivity index (χ1v) is 9.45. The van der Waals surface area contributed by atoms with Gasteiger partial charge in [0.1, 0.15) is 0 Å². The lowest BCUT2D eigenvalue weighted by molar-refractivity contribution is -0.134. The van der Waals surface area contributed by atoms with Gasteiger partial charge >= 0.3 is 0 Å². The minimum atomic E-state index is 0.191. The van der Waals surface area contributed by atoms with Gasteiger partial charge in [-0.3, -0.25) is 4.79 Å². The number of thioether (sulfide) groups is 1. The van der Waals surface area contributed by atoms with Crippen LogP contribution in [0, 0.1) is 0 Å². The average molecular weight is 339 g/mol. The van der Waals surface area contributed by atoms with Gasteiger partial charge in [0.15, 0.2) is 0 Å². The zero-order valence-electron chi connectivity index (χ0n) is 13.8. The molecule has 2 aliphatic heterocycles. The van der Waals surface area contributed by atoms with Crippen molar-refractivity contribution in [3.05, 3.63) is 0 Å². The maximum Gasteiger partial charge on any atom is 0.233 e. The summed E-state index contributed by atoms with van der Waals surface area (Å²) in [7, 11) is 0. The predicted octanol–water partition coefficient (Wildman–Crippen LogP) is 1.91. The largest absolute Gasteiger partial charge is 0.381 e. The van der Waals surface area contributed by atoms with Gasteiger partial charge in [-0.25, -0.2) is 4.68 Å². The van der Waals surface area contributed by atoms with Gasteiger partial charge in [0.05, 0.1) is 11.8 Å². The van der Waals surface area contributed by atoms with Crippen LogP contribution in [0.2, 0.25) is 0 Å². The smallest absolute Gasteiger partial charge is 0.233 e. The second-order valence-electron chi connectivity index (χ2n) is 6.47. The first-order chi connectivity index (χ1) is 11.2. The highest BCUT2D eigenvalue weighted by Crippen LogP contribution is 2.27. The van der Waals surface area contributed by atoms with Crippen molar-refractivity contribution >= 4 is 17.7 Å². The molecule has 2 fully saturated rings. The fraction of sp³-hybridized carbons (Fsp3) is 0.867. The molecule has 0 bridgehead atoms. The number of rotatable bonds is 4. The normalized spacial score (nSPS) is 26.4. The van der Waals surface area contributed by atoms with Crippen LogP contribution in [0.1, 0.15) is 52.0 Å². The van der Waals surface area contributed by atoms with Gasteiger partial charge < -0.3 is 9.64 Å². The Balaban J connectivity index is 1.60. The molecule has 0 spiro atoms. The standard InChI is InChI=1S/C15H25N5O2S/c1-11-4-3-5-12(2)19(11)14(21)10-23-15-16-17-18-20(15)13-6-8-22-9-7-13/h11-13H,3-10H2,1-2H3/t11-,12-/m0/s1. The summed E-state index contributed by atoms with van der Waals surface area (Å²) in [4.78, 5) is 14.6. The number of piperidine rings is 1. The molecule has 0 radical (unpaired) electrons. The Morgan fingerprint density at radius 1 is 1.22 bits per heavy atom. The van der Waals surface area contributed by atoms with E-state index in [1.807, 2.05) is 9.58 Å². The monoisotopic (exact) mass is 339 g/mol. The average Bonchev–Trinajstić information content (AvgIpc) is 3.02. The van der Waals surface area contributed by atoms with Gasteiger partial charge in [0.25, 0.3) is 0 Å². The Bertz CT molecular complexity index is 522. The van der Waals surface area contributed by atoms with E-state index in [0.29, 0.717) is 17.8 Å². The van der Waals surface area contributed by atoms with Crippen LogP contribution in [0.4, 0.5) is 0 Å². The summed E-state index contributed by atoms with van der Waals surface area (Å²) in [6, 6.07) is 0.945. The highest BCUT2D eigenvalue weighted by Gasteiger charge is 2.29. The van der Waals surface area contributed by atoms with Gasteiger partial charge in [0, 0.05) is 25.3 Å². The van der Waals surface area contributed by atoms with Crippen molar-refractivity contribution in [1.29, 1.82) is 0 Å². The maximum absolute atomic E-state index is 12.6. The number of carbonyl (C=O) groups is 1. The molecule has 8 heteroatoms. The number of tetrazole rings is 1. The zero-order valence-corrected chi connectivity index (χ0v) is 14.7. The first kappa shape index (κ1) is 16.7. The SMILES string of the molecule is C[C@H]1CCC[C@H](C)N1C(=O)CSc1nnnn1C1CCOCC1. The molecule has 2 aliphatic rings. The van der Waals surface area contributed by atoms with E-state index in [4.69, 9.17) is 4.74 Å². The summed E-state index contributed by atoms with van der Waals surface area (Å²) in [6.07, 6.45) is 5.25. The van der Waals surface area contributed by atoms with Gasteiger partial charge in [0.2, 0.25) is 11.1 Å². The van der Waals surface area contributed by atoms with Crippen molar-refractivity contribution in [3.8, 4) is 0 Å². The highest BCUT2D eigenvalue weighted by atomic mass is 32.2. The lowest BCUT2D eigenvalue weighted by Crippen LogP contribution is -2.48. The molecule has 3 rings (SSSR count). The third-order valence-corrected chi connectivity index (χ3v) is 5.72. The number of amides is 1. The lowest BCUT2D eigenvalue weighted by atomic mass is 9.98. The highest BCUT2D eigenvalue weighted by molar-refractivity contribution is 7.99. The third-order valence-electron chi connectivity index (χ3n) is 4.81. The predicted molar refractivity (Wildman–Crippen MR) is 87.3 cm³/mol. The minimum Gasteiger partial charge on any atom is -0.381 e. The fourth-order valence-corrected chi connectivity index (χ4v) is 4.37. The van der Waals surface area contributed by atoms with E-state index in [2.05, 4.69) is 29.4 Å². The second-order valence-corrected chi connectivity index (χ2v) is 7.41. The van der Waals surface area contributed by atoms with E-state index in [1.165, 1.54) is 18.2 Å². The number of carbonyl (C=O) groups excluding carboxylic acids is 1. The van der Waals surface area contributed by atoms with E-state index in [9.17, 15) is 4.79 Å². The van der Waals surface area contributed by atoms with Gasteiger partial charge in [-0.1, -0.05) is 11.8 Å². The molecule has 1 amide bonds. The number of nitrogens with zero attached hydrogens (tertiary/aromatic N) is 5. The Kier molecular flexibility index (Phi) is 5.53. The van der Waals surface area contributed by atoms with Crippen LogP contribution in [-0.2, 0) is 9.53 Å². The molecule has 0 unspecified atom stereocenters. The fourth-order valence-electron chi connectivity index (χ4n) is 3.55. The lowest BCUT2D eigenvalue weighted by Gasteiger charge is -2.39. The van der Waals surface area contributed by atoms with E-state index >= 15 is 0 Å². The van der Waals surface area contributed by atoms with Crippen LogP contribution in [0.15, 0.2) is 5.16 Å². The topological polar surface area (TPSA) is 73.1 Å². The molecule has 3 heterocycles. The van der Waals surface area contributed by atoms with E-state index in [-0.39, 0.29) is 11.9 Å². The van der Waals surface area contributed by atoms with E-state index < -0.39 is 0 Å². The summed E-state index contributed by atoms with van der Waals surface area (Å²) in [5.74, 6) is 0.592. The number of likely N-dealkylation sites (tertiary alicyclic amines) is 1. The summed E-state index contributed by atoms with van der Waals surface area (Å²) in [6.45, 7) is 5.78. The summed E-state index contributed by atoms with van der Waals surface area (Å²) >= 11 is 1.45. The van der Waals surface area contributed by atoms with Gasteiger partial charge in [-0.15, -0.1) is 5.10 Å². The van der Waals surface area contributed by atoms with Crippen LogP contribution < -0.4 is 0 Å². The Morgan fingerprint density at radius 3 is 2.61 bits per heavy atom. The quantitative estimate of drug-likeness (QED) is 0.780. The summed E-state index contributed by atoms with van der Waals surface area (Å²) < 4.78 is 7.25. The van der Waals surface area contributed by atoms with Gasteiger partial charge in [-0.2, -0.15) is 0 Å². The molecule has 23 heavy (non-hydrogen) atoms. The number of ether oxygens (including phenoxy) is 1. The Hall–Kier alpha value is -1.15. The molecule has 0 aromatic carbocycles. The molecule has 0 aliphatic carbocycles. The zero-order chi connectivity index (χ0) is 16.2. The Morgan fingerprint density at radius 2 is 1.91 bits per heavy atom. The molecule has 128 valence electrons. The number of hydrogen-bond acceptors (Lipinski definition) is 6. The molecule has 2 atom stereocenters. The molecule has 1 aromatic heterocycles. The molecular formula is C15H25N5O2S. The Labute approximate surface area is 141 Å². The maximum atomic E-state index is 12.6. The van der Waals surface area contributed by atoms with Crippen LogP contribution in [0.5, 0.6) is 0 Å². The molecule has 1 aromatic rings. The van der Waals surface area contributed by atoms with Crippen LogP contribution in [-0.4, -0.2) is 62.1 Å². The van der Waals surface area contributed by atoms with E-state index in [0.717, 1.165) is 44.1 Å². The molecule has 0 N–H and O–H groups in total. The van der Waals surface area contributed by atoms with Crippen LogP contribution in [0.25, 0.3) is 0 Å². The van der Waals surface area contributed by atoms with E-state index in [1.54, 1.807) is 0 Å². The third kappa shape index (κ3) is 3.85. The van der Waals surface area contributed by atoms with Crippen molar-refractivity contribution in [1.82, 2.24) is 25.1 Å². The minimum absolute atomic E-state index is 0.191.